The van der Waals surface area contributed by atoms with Gasteiger partial charge in [0.2, 0.25) is 5.69 Å². The summed E-state index contributed by atoms with van der Waals surface area (Å²) >= 11 is 1.90. The van der Waals surface area contributed by atoms with E-state index in [-0.39, 0.29) is 0 Å². The van der Waals surface area contributed by atoms with Crippen LogP contribution in [0.15, 0.2) is 54.7 Å². The smallest absolute Gasteiger partial charge is 0.200 e. The van der Waals surface area contributed by atoms with E-state index in [9.17, 15) is 0 Å². The summed E-state index contributed by atoms with van der Waals surface area (Å²) in [6, 6.07) is 17.8. The number of hydrogen-bond acceptors (Lipinski definition) is 1. The number of nitrogens with zero attached hydrogens (tertiary/aromatic N) is 1. The molecule has 0 amide bonds. The molecule has 0 saturated heterocycles. The zero-order valence-electron chi connectivity index (χ0n) is 14.6. The standard InChI is InChI=1S/C22H22NS/c1-14(2)16-9-10-19-17(13-16)11-12-23(4)21(19)22-15(3)18-7-5-6-8-20(18)24-22/h5-14H,1-4H3/q+1. The monoisotopic (exact) mass is 332 g/mol. The summed E-state index contributed by atoms with van der Waals surface area (Å²) in [5, 5.41) is 4.03. The van der Waals surface area contributed by atoms with Gasteiger partial charge in [-0.25, -0.2) is 0 Å². The van der Waals surface area contributed by atoms with Crippen LogP contribution in [0.4, 0.5) is 0 Å². The fraction of sp³-hybridized carbons (Fsp3) is 0.227. The molecule has 0 N–H and O–H groups in total. The number of rotatable bonds is 2. The van der Waals surface area contributed by atoms with Gasteiger partial charge in [-0.15, -0.1) is 11.3 Å². The molecule has 2 heterocycles. The molecule has 0 aliphatic carbocycles. The zero-order valence-corrected chi connectivity index (χ0v) is 15.4. The highest BCUT2D eigenvalue weighted by Gasteiger charge is 2.21. The summed E-state index contributed by atoms with van der Waals surface area (Å²) in [6.45, 7) is 6.75. The first-order chi connectivity index (χ1) is 11.6. The fourth-order valence-corrected chi connectivity index (χ4v) is 4.74. The van der Waals surface area contributed by atoms with Crippen LogP contribution in [-0.2, 0) is 7.05 Å². The van der Waals surface area contributed by atoms with E-state index < -0.39 is 0 Å². The van der Waals surface area contributed by atoms with Gasteiger partial charge in [0, 0.05) is 10.8 Å². The SMILES string of the molecule is Cc1c(-c2c3ccc(C(C)C)cc3cc[n+]2C)sc2ccccc12. The first-order valence-electron chi connectivity index (χ1n) is 8.47. The van der Waals surface area contributed by atoms with Crippen molar-refractivity contribution in [3.05, 3.63) is 65.9 Å². The van der Waals surface area contributed by atoms with E-state index >= 15 is 0 Å². The number of benzene rings is 2. The number of aromatic nitrogens is 1. The van der Waals surface area contributed by atoms with Gasteiger partial charge < -0.3 is 0 Å². The van der Waals surface area contributed by atoms with Crippen LogP contribution in [0.3, 0.4) is 0 Å². The van der Waals surface area contributed by atoms with Crippen LogP contribution in [0.2, 0.25) is 0 Å². The number of pyridine rings is 1. The molecule has 0 spiro atoms. The Morgan fingerprint density at radius 3 is 2.50 bits per heavy atom. The third-order valence-corrected chi connectivity index (χ3v) is 6.17. The predicted molar refractivity (Wildman–Crippen MR) is 105 cm³/mol. The summed E-state index contributed by atoms with van der Waals surface area (Å²) in [6.07, 6.45) is 2.19. The summed E-state index contributed by atoms with van der Waals surface area (Å²) in [7, 11) is 2.15. The lowest BCUT2D eigenvalue weighted by molar-refractivity contribution is -0.659. The second-order valence-corrected chi connectivity index (χ2v) is 7.88. The molecule has 2 aromatic heterocycles. The molecule has 0 radical (unpaired) electrons. The highest BCUT2D eigenvalue weighted by atomic mass is 32.1. The van der Waals surface area contributed by atoms with E-state index in [1.165, 1.54) is 42.6 Å². The van der Waals surface area contributed by atoms with Crippen molar-refractivity contribution >= 4 is 32.2 Å². The molecule has 2 aromatic carbocycles. The molecule has 2 heteroatoms. The molecule has 0 bridgehead atoms. The number of fused-ring (bicyclic) bond motifs is 2. The molecule has 0 atom stereocenters. The van der Waals surface area contributed by atoms with Crippen molar-refractivity contribution in [3.8, 4) is 10.6 Å². The molecule has 24 heavy (non-hydrogen) atoms. The predicted octanol–water partition coefficient (Wildman–Crippen LogP) is 5.98. The number of hydrogen-bond donors (Lipinski definition) is 0. The van der Waals surface area contributed by atoms with E-state index in [1.807, 2.05) is 11.3 Å². The van der Waals surface area contributed by atoms with Crippen molar-refractivity contribution in [2.75, 3.05) is 0 Å². The van der Waals surface area contributed by atoms with Crippen LogP contribution in [0.1, 0.15) is 30.9 Å². The Bertz CT molecular complexity index is 1060. The van der Waals surface area contributed by atoms with E-state index in [2.05, 4.69) is 87.1 Å². The Kier molecular flexibility index (Phi) is 3.65. The maximum atomic E-state index is 2.34. The van der Waals surface area contributed by atoms with Crippen molar-refractivity contribution in [2.24, 2.45) is 7.05 Å². The minimum Gasteiger partial charge on any atom is -0.200 e. The van der Waals surface area contributed by atoms with Gasteiger partial charge >= 0.3 is 0 Å². The molecule has 0 saturated carbocycles. The van der Waals surface area contributed by atoms with Crippen LogP contribution in [0, 0.1) is 6.92 Å². The van der Waals surface area contributed by atoms with Crippen molar-refractivity contribution in [3.63, 3.8) is 0 Å². The highest BCUT2D eigenvalue weighted by Crippen LogP contribution is 2.39. The summed E-state index contributed by atoms with van der Waals surface area (Å²) in [5.74, 6) is 0.554. The molecular formula is C22H22NS+. The third-order valence-electron chi connectivity index (χ3n) is 4.89. The van der Waals surface area contributed by atoms with Crippen LogP contribution >= 0.6 is 11.3 Å². The second kappa shape index (κ2) is 5.71. The van der Waals surface area contributed by atoms with Gasteiger partial charge in [-0.1, -0.05) is 44.2 Å². The van der Waals surface area contributed by atoms with E-state index in [4.69, 9.17) is 0 Å². The van der Waals surface area contributed by atoms with Gasteiger partial charge in [0.1, 0.15) is 11.9 Å². The molecular weight excluding hydrogens is 310 g/mol. The van der Waals surface area contributed by atoms with Gasteiger partial charge in [0.05, 0.1) is 5.39 Å². The van der Waals surface area contributed by atoms with Crippen molar-refractivity contribution < 1.29 is 4.57 Å². The molecule has 0 aliphatic heterocycles. The Morgan fingerprint density at radius 1 is 0.958 bits per heavy atom. The molecule has 4 rings (SSSR count). The summed E-state index contributed by atoms with van der Waals surface area (Å²) in [4.78, 5) is 1.38. The van der Waals surface area contributed by atoms with E-state index in [1.54, 1.807) is 0 Å². The largest absolute Gasteiger partial charge is 0.230 e. The Hall–Kier alpha value is -2.19. The Balaban J connectivity index is 2.04. The Labute approximate surface area is 147 Å². The molecule has 0 aliphatic rings. The molecule has 0 unspecified atom stereocenters. The summed E-state index contributed by atoms with van der Waals surface area (Å²) < 4.78 is 3.62. The van der Waals surface area contributed by atoms with Crippen molar-refractivity contribution in [2.45, 2.75) is 26.7 Å². The third kappa shape index (κ3) is 2.33. The van der Waals surface area contributed by atoms with Gasteiger partial charge in [0.25, 0.3) is 0 Å². The van der Waals surface area contributed by atoms with Crippen molar-refractivity contribution in [1.29, 1.82) is 0 Å². The van der Waals surface area contributed by atoms with E-state index in [0.29, 0.717) is 5.92 Å². The van der Waals surface area contributed by atoms with Crippen LogP contribution in [0.25, 0.3) is 31.4 Å². The average Bonchev–Trinajstić information content (AvgIpc) is 2.91. The lowest BCUT2D eigenvalue weighted by Crippen LogP contribution is -2.30. The van der Waals surface area contributed by atoms with Gasteiger partial charge in [-0.3, -0.25) is 0 Å². The van der Waals surface area contributed by atoms with Crippen LogP contribution in [0.5, 0.6) is 0 Å². The Morgan fingerprint density at radius 2 is 1.75 bits per heavy atom. The van der Waals surface area contributed by atoms with Gasteiger partial charge in [-0.05, 0) is 46.9 Å². The first-order valence-corrected chi connectivity index (χ1v) is 9.28. The quantitative estimate of drug-likeness (QED) is 0.398. The lowest BCUT2D eigenvalue weighted by atomic mass is 9.98. The van der Waals surface area contributed by atoms with Gasteiger partial charge in [-0.2, -0.15) is 4.57 Å². The second-order valence-electron chi connectivity index (χ2n) is 6.83. The topological polar surface area (TPSA) is 3.88 Å². The molecule has 120 valence electrons. The number of aryl methyl sites for hydroxylation is 2. The fourth-order valence-electron chi connectivity index (χ4n) is 3.43. The molecule has 0 fully saturated rings. The first kappa shape index (κ1) is 15.3. The maximum Gasteiger partial charge on any atom is 0.230 e. The minimum atomic E-state index is 0.554. The molecule has 1 nitrogen and oxygen atoms in total. The van der Waals surface area contributed by atoms with Gasteiger partial charge in [0.15, 0.2) is 6.20 Å². The zero-order chi connectivity index (χ0) is 16.8. The lowest BCUT2D eigenvalue weighted by Gasteiger charge is -2.09. The normalized spacial score (nSPS) is 11.7. The highest BCUT2D eigenvalue weighted by molar-refractivity contribution is 7.22. The minimum absolute atomic E-state index is 0.554. The molecule has 4 aromatic rings. The van der Waals surface area contributed by atoms with Crippen molar-refractivity contribution in [1.82, 2.24) is 0 Å². The van der Waals surface area contributed by atoms with E-state index in [0.717, 1.165) is 0 Å². The average molecular weight is 332 g/mol. The summed E-state index contributed by atoms with van der Waals surface area (Å²) in [5.41, 5.74) is 4.10. The van der Waals surface area contributed by atoms with Crippen LogP contribution < -0.4 is 4.57 Å². The number of thiophene rings is 1. The maximum absolute atomic E-state index is 2.34. The van der Waals surface area contributed by atoms with Crippen LogP contribution in [-0.4, -0.2) is 0 Å².